The lowest BCUT2D eigenvalue weighted by atomic mass is 9.94. The normalized spacial score (nSPS) is 21.9. The van der Waals surface area contributed by atoms with Crippen LogP contribution in [0, 0.1) is 5.92 Å². The van der Waals surface area contributed by atoms with Crippen molar-refractivity contribution < 1.29 is 8.78 Å². The smallest absolute Gasteiger partial charge is 0.277 e. The van der Waals surface area contributed by atoms with E-state index in [1.807, 2.05) is 0 Å². The SMILES string of the molecule is FC(F)(c1ccc(Cl)cc1)C1CCNC1. The quantitative estimate of drug-likeness (QED) is 0.825. The molecule has 1 fully saturated rings. The van der Waals surface area contributed by atoms with Gasteiger partial charge in [-0.25, -0.2) is 8.78 Å². The molecule has 15 heavy (non-hydrogen) atoms. The number of alkyl halides is 2. The van der Waals surface area contributed by atoms with Crippen molar-refractivity contribution in [3.63, 3.8) is 0 Å². The fraction of sp³-hybridized carbons (Fsp3) is 0.455. The minimum atomic E-state index is -2.76. The molecule has 1 heterocycles. The van der Waals surface area contributed by atoms with Gasteiger partial charge in [0, 0.05) is 23.0 Å². The van der Waals surface area contributed by atoms with Gasteiger partial charge in [0.05, 0.1) is 0 Å². The summed E-state index contributed by atoms with van der Waals surface area (Å²) in [6, 6.07) is 5.82. The first-order valence-corrected chi connectivity index (χ1v) is 5.33. The average Bonchev–Trinajstić information content (AvgIpc) is 2.71. The molecule has 0 amide bonds. The van der Waals surface area contributed by atoms with E-state index in [0.29, 0.717) is 24.5 Å². The monoisotopic (exact) mass is 231 g/mol. The molecular formula is C11H12ClF2N. The summed E-state index contributed by atoms with van der Waals surface area (Å²) in [5, 5.41) is 3.44. The van der Waals surface area contributed by atoms with Crippen molar-refractivity contribution in [3.05, 3.63) is 34.9 Å². The van der Waals surface area contributed by atoms with Crippen LogP contribution in [0.2, 0.25) is 5.02 Å². The van der Waals surface area contributed by atoms with E-state index in [1.165, 1.54) is 24.3 Å². The van der Waals surface area contributed by atoms with E-state index in [4.69, 9.17) is 11.6 Å². The summed E-state index contributed by atoms with van der Waals surface area (Å²) in [5.41, 5.74) is 0.0561. The van der Waals surface area contributed by atoms with Gasteiger partial charge in [-0.1, -0.05) is 23.7 Å². The Morgan fingerprint density at radius 2 is 1.93 bits per heavy atom. The Kier molecular flexibility index (Phi) is 2.94. The lowest BCUT2D eigenvalue weighted by Gasteiger charge is -2.22. The van der Waals surface area contributed by atoms with Gasteiger partial charge >= 0.3 is 0 Å². The van der Waals surface area contributed by atoms with Gasteiger partial charge in [-0.3, -0.25) is 0 Å². The van der Waals surface area contributed by atoms with Crippen LogP contribution in [0.15, 0.2) is 24.3 Å². The molecule has 82 valence electrons. The second-order valence-corrected chi connectivity index (χ2v) is 4.26. The molecule has 1 N–H and O–H groups in total. The first-order chi connectivity index (χ1) is 7.10. The molecule has 1 saturated heterocycles. The number of hydrogen-bond donors (Lipinski definition) is 1. The van der Waals surface area contributed by atoms with Gasteiger partial charge in [0.25, 0.3) is 5.92 Å². The van der Waals surface area contributed by atoms with E-state index in [9.17, 15) is 8.78 Å². The van der Waals surface area contributed by atoms with Gasteiger partial charge in [0.15, 0.2) is 0 Å². The molecule has 2 rings (SSSR count). The molecule has 0 aliphatic carbocycles. The molecule has 0 aromatic heterocycles. The minimum Gasteiger partial charge on any atom is -0.316 e. The third-order valence-electron chi connectivity index (χ3n) is 2.80. The first kappa shape index (κ1) is 10.8. The third kappa shape index (κ3) is 2.13. The Labute approximate surface area is 92.4 Å². The van der Waals surface area contributed by atoms with Gasteiger partial charge in [-0.2, -0.15) is 0 Å². The molecule has 0 saturated carbocycles. The zero-order valence-corrected chi connectivity index (χ0v) is 8.90. The zero-order valence-electron chi connectivity index (χ0n) is 8.14. The molecule has 1 aromatic rings. The summed E-state index contributed by atoms with van der Waals surface area (Å²) in [6.07, 6.45) is 0.523. The summed E-state index contributed by atoms with van der Waals surface area (Å²) in [5.74, 6) is -3.35. The van der Waals surface area contributed by atoms with E-state index in [-0.39, 0.29) is 5.56 Å². The lowest BCUT2D eigenvalue weighted by Crippen LogP contribution is -2.27. The van der Waals surface area contributed by atoms with Crippen molar-refractivity contribution in [2.24, 2.45) is 5.92 Å². The van der Waals surface area contributed by atoms with Gasteiger partial charge in [-0.05, 0) is 25.1 Å². The maximum absolute atomic E-state index is 13.9. The first-order valence-electron chi connectivity index (χ1n) is 4.95. The topological polar surface area (TPSA) is 12.0 Å². The average molecular weight is 232 g/mol. The number of rotatable bonds is 2. The van der Waals surface area contributed by atoms with E-state index in [2.05, 4.69) is 5.32 Å². The Morgan fingerprint density at radius 1 is 1.27 bits per heavy atom. The number of halogens is 3. The van der Waals surface area contributed by atoms with Crippen molar-refractivity contribution in [1.29, 1.82) is 0 Å². The van der Waals surface area contributed by atoms with Crippen molar-refractivity contribution in [2.45, 2.75) is 12.3 Å². The molecule has 1 nitrogen and oxygen atoms in total. The summed E-state index contributed by atoms with van der Waals surface area (Å²) in [7, 11) is 0. The molecule has 0 radical (unpaired) electrons. The molecule has 4 heteroatoms. The fourth-order valence-corrected chi connectivity index (χ4v) is 2.00. The Hall–Kier alpha value is -0.670. The van der Waals surface area contributed by atoms with Crippen LogP contribution < -0.4 is 5.32 Å². The summed E-state index contributed by atoms with van der Waals surface area (Å²) >= 11 is 5.66. The van der Waals surface area contributed by atoms with Crippen LogP contribution in [0.25, 0.3) is 0 Å². The predicted molar refractivity (Wildman–Crippen MR) is 56.3 cm³/mol. The summed E-state index contributed by atoms with van der Waals surface area (Å²) in [6.45, 7) is 1.06. The van der Waals surface area contributed by atoms with E-state index >= 15 is 0 Å². The Morgan fingerprint density at radius 3 is 2.47 bits per heavy atom. The van der Waals surface area contributed by atoms with Crippen molar-refractivity contribution in [2.75, 3.05) is 13.1 Å². The molecule has 1 aromatic carbocycles. The van der Waals surface area contributed by atoms with Gasteiger partial charge in [0.2, 0.25) is 0 Å². The maximum atomic E-state index is 13.9. The molecule has 0 spiro atoms. The number of hydrogen-bond acceptors (Lipinski definition) is 1. The second-order valence-electron chi connectivity index (χ2n) is 3.82. The van der Waals surface area contributed by atoms with Gasteiger partial charge in [-0.15, -0.1) is 0 Å². The largest absolute Gasteiger partial charge is 0.316 e. The van der Waals surface area contributed by atoms with Crippen molar-refractivity contribution in [1.82, 2.24) is 5.32 Å². The van der Waals surface area contributed by atoms with E-state index in [1.54, 1.807) is 0 Å². The van der Waals surface area contributed by atoms with Crippen LogP contribution in [0.1, 0.15) is 12.0 Å². The van der Waals surface area contributed by atoms with Crippen molar-refractivity contribution >= 4 is 11.6 Å². The Balaban J connectivity index is 2.23. The lowest BCUT2D eigenvalue weighted by molar-refractivity contribution is -0.0575. The highest BCUT2D eigenvalue weighted by Gasteiger charge is 2.42. The standard InChI is InChI=1S/C11H12ClF2N/c12-10-3-1-8(2-4-10)11(13,14)9-5-6-15-7-9/h1-4,9,15H,5-7H2. The van der Waals surface area contributed by atoms with Crippen LogP contribution in [-0.2, 0) is 5.92 Å². The predicted octanol–water partition coefficient (Wildman–Crippen LogP) is 3.04. The van der Waals surface area contributed by atoms with Crippen LogP contribution in [0.3, 0.4) is 0 Å². The molecule has 1 aliphatic heterocycles. The number of nitrogens with one attached hydrogen (secondary N) is 1. The molecular weight excluding hydrogens is 220 g/mol. The molecule has 0 bridgehead atoms. The van der Waals surface area contributed by atoms with Crippen LogP contribution >= 0.6 is 11.6 Å². The van der Waals surface area contributed by atoms with Crippen LogP contribution in [-0.4, -0.2) is 13.1 Å². The van der Waals surface area contributed by atoms with E-state index < -0.39 is 11.8 Å². The summed E-state index contributed by atoms with van der Waals surface area (Å²) < 4.78 is 27.8. The maximum Gasteiger partial charge on any atom is 0.277 e. The van der Waals surface area contributed by atoms with Crippen LogP contribution in [0.5, 0.6) is 0 Å². The third-order valence-corrected chi connectivity index (χ3v) is 3.05. The number of benzene rings is 1. The highest BCUT2D eigenvalue weighted by molar-refractivity contribution is 6.30. The fourth-order valence-electron chi connectivity index (χ4n) is 1.87. The minimum absolute atomic E-state index is 0.0561. The molecule has 1 atom stereocenters. The molecule has 1 unspecified atom stereocenters. The van der Waals surface area contributed by atoms with Gasteiger partial charge < -0.3 is 5.32 Å². The van der Waals surface area contributed by atoms with Gasteiger partial charge in [0.1, 0.15) is 0 Å². The van der Waals surface area contributed by atoms with Crippen LogP contribution in [0.4, 0.5) is 8.78 Å². The highest BCUT2D eigenvalue weighted by atomic mass is 35.5. The molecule has 1 aliphatic rings. The highest BCUT2D eigenvalue weighted by Crippen LogP contribution is 2.39. The second kappa shape index (κ2) is 4.06. The van der Waals surface area contributed by atoms with E-state index in [0.717, 1.165) is 0 Å². The van der Waals surface area contributed by atoms with Crippen molar-refractivity contribution in [3.8, 4) is 0 Å². The summed E-state index contributed by atoms with van der Waals surface area (Å²) in [4.78, 5) is 0. The zero-order chi connectivity index (χ0) is 10.9. The Bertz CT molecular complexity index is 331.